The topological polar surface area (TPSA) is 131 Å². The number of nitrogens with zero attached hydrogens (tertiary/aromatic N) is 4. The van der Waals surface area contributed by atoms with Crippen molar-refractivity contribution in [2.24, 2.45) is 11.8 Å². The Kier molecular flexibility index (Phi) is 5.75. The van der Waals surface area contributed by atoms with E-state index >= 15 is 0 Å². The molecule has 0 spiro atoms. The minimum Gasteiger partial charge on any atom is -0.477 e. The average molecular weight is 422 g/mol. The summed E-state index contributed by atoms with van der Waals surface area (Å²) in [5.41, 5.74) is 0.366. The minimum absolute atomic E-state index is 0.0342. The van der Waals surface area contributed by atoms with Gasteiger partial charge in [-0.15, -0.1) is 0 Å². The number of β-lactam (4-membered cyclic amide) rings is 1. The van der Waals surface area contributed by atoms with Crippen LogP contribution >= 0.6 is 0 Å². The molecule has 2 fully saturated rings. The van der Waals surface area contributed by atoms with Gasteiger partial charge in [0.15, 0.2) is 0 Å². The number of carbonyl (C=O) groups is 4. The first kappa shape index (κ1) is 21.6. The van der Waals surface area contributed by atoms with Crippen molar-refractivity contribution in [3.8, 4) is 0 Å². The number of hydrogen-bond donors (Lipinski definition) is 2. The molecule has 4 amide bonds. The quantitative estimate of drug-likeness (QED) is 0.474. The predicted octanol–water partition coefficient (Wildman–Crippen LogP) is 0.0896. The maximum atomic E-state index is 12.6. The maximum Gasteiger partial charge on any atom is 0.429 e. The van der Waals surface area contributed by atoms with E-state index in [1.807, 2.05) is 0 Å². The Bertz CT molecular complexity index is 822. The summed E-state index contributed by atoms with van der Waals surface area (Å²) < 4.78 is 5.07. The maximum absolute atomic E-state index is 12.6. The largest absolute Gasteiger partial charge is 0.477 e. The highest BCUT2D eigenvalue weighted by Gasteiger charge is 2.58. The van der Waals surface area contributed by atoms with Crippen molar-refractivity contribution < 1.29 is 34.1 Å². The number of hydrazine groups is 1. The van der Waals surface area contributed by atoms with Crippen molar-refractivity contribution in [1.82, 2.24) is 19.8 Å². The number of ether oxygens (including phenoxy) is 1. The molecule has 164 valence electrons. The predicted molar refractivity (Wildman–Crippen MR) is 103 cm³/mol. The van der Waals surface area contributed by atoms with Crippen LogP contribution in [-0.4, -0.2) is 100.0 Å². The summed E-state index contributed by atoms with van der Waals surface area (Å²) in [5, 5.41) is 22.0. The number of aliphatic hydroxyl groups excluding tert-OH is 1. The second-order valence-corrected chi connectivity index (χ2v) is 7.83. The van der Waals surface area contributed by atoms with Gasteiger partial charge in [0.1, 0.15) is 12.3 Å². The molecule has 0 bridgehead atoms. The van der Waals surface area contributed by atoms with Gasteiger partial charge < -0.3 is 24.7 Å². The lowest BCUT2D eigenvalue weighted by Gasteiger charge is -2.44. The van der Waals surface area contributed by atoms with Gasteiger partial charge in [0.25, 0.3) is 0 Å². The van der Waals surface area contributed by atoms with Crippen molar-refractivity contribution in [2.45, 2.75) is 25.5 Å². The molecule has 0 saturated carbocycles. The van der Waals surface area contributed by atoms with Gasteiger partial charge >= 0.3 is 18.1 Å². The fraction of sp³-hybridized carbons (Fsp3) is 0.579. The molecule has 11 nitrogen and oxygen atoms in total. The Hall–Kier alpha value is -3.08. The third-order valence-electron chi connectivity index (χ3n) is 5.67. The average Bonchev–Trinajstić information content (AvgIpc) is 3.24. The summed E-state index contributed by atoms with van der Waals surface area (Å²) in [6, 6.07) is -0.886. The van der Waals surface area contributed by atoms with E-state index in [2.05, 4.69) is 6.58 Å². The van der Waals surface area contributed by atoms with E-state index in [9.17, 15) is 29.4 Å². The summed E-state index contributed by atoms with van der Waals surface area (Å²) >= 11 is 0. The normalized spacial score (nSPS) is 26.3. The number of hydrogen-bond acceptors (Lipinski definition) is 6. The van der Waals surface area contributed by atoms with Gasteiger partial charge in [0.2, 0.25) is 5.91 Å². The van der Waals surface area contributed by atoms with Crippen molar-refractivity contribution in [2.75, 3.05) is 33.8 Å². The lowest BCUT2D eigenvalue weighted by Crippen LogP contribution is -2.61. The van der Waals surface area contributed by atoms with Crippen LogP contribution in [0.15, 0.2) is 23.9 Å². The molecule has 11 heteroatoms. The van der Waals surface area contributed by atoms with Crippen LogP contribution in [0.5, 0.6) is 0 Å². The molecule has 3 rings (SSSR count). The van der Waals surface area contributed by atoms with Gasteiger partial charge in [-0.25, -0.2) is 24.4 Å². The van der Waals surface area contributed by atoms with Gasteiger partial charge in [-0.3, -0.25) is 4.79 Å². The van der Waals surface area contributed by atoms with E-state index in [0.717, 1.165) is 5.01 Å². The van der Waals surface area contributed by atoms with E-state index in [0.29, 0.717) is 5.57 Å². The molecule has 0 radical (unpaired) electrons. The third-order valence-corrected chi connectivity index (χ3v) is 5.67. The van der Waals surface area contributed by atoms with E-state index in [1.54, 1.807) is 0 Å². The second-order valence-electron chi connectivity index (χ2n) is 7.83. The van der Waals surface area contributed by atoms with Crippen molar-refractivity contribution in [3.63, 3.8) is 0 Å². The zero-order valence-corrected chi connectivity index (χ0v) is 17.1. The summed E-state index contributed by atoms with van der Waals surface area (Å²) in [6.45, 7) is 5.06. The van der Waals surface area contributed by atoms with Gasteiger partial charge in [-0.05, 0) is 18.9 Å². The fourth-order valence-corrected chi connectivity index (χ4v) is 4.35. The molecule has 2 N–H and O–H groups in total. The standard InChI is InChI=1S/C19H26N4O7/c1-5-6-30-19(29)22-9-11(8-21(22)18(28)20(3)4)12-7-13-14(10(2)24)16(25)23(13)15(12)17(26)27/h5,10-11,13-14,24H,1,6-9H2,2-4H3,(H,26,27)/t10-,11?,13-,14-/m1/s1. The van der Waals surface area contributed by atoms with Gasteiger partial charge in [-0.2, -0.15) is 0 Å². The number of fused-ring (bicyclic) bond motifs is 1. The highest BCUT2D eigenvalue weighted by molar-refractivity contribution is 5.99. The number of urea groups is 1. The highest BCUT2D eigenvalue weighted by Crippen LogP contribution is 2.46. The number of amides is 4. The van der Waals surface area contributed by atoms with Crippen LogP contribution < -0.4 is 0 Å². The number of carbonyl (C=O) groups excluding carboxylic acids is 3. The first-order valence-corrected chi connectivity index (χ1v) is 9.61. The smallest absolute Gasteiger partial charge is 0.429 e. The highest BCUT2D eigenvalue weighted by atomic mass is 16.6. The second kappa shape index (κ2) is 7.98. The monoisotopic (exact) mass is 422 g/mol. The Balaban J connectivity index is 1.90. The molecule has 0 aromatic carbocycles. The number of aliphatic hydroxyl groups is 1. The van der Waals surface area contributed by atoms with Gasteiger partial charge in [0.05, 0.1) is 31.2 Å². The van der Waals surface area contributed by atoms with Crippen LogP contribution in [0.25, 0.3) is 0 Å². The molecular formula is C19H26N4O7. The van der Waals surface area contributed by atoms with E-state index in [-0.39, 0.29) is 31.8 Å². The summed E-state index contributed by atoms with van der Waals surface area (Å²) in [7, 11) is 3.08. The van der Waals surface area contributed by atoms with Crippen molar-refractivity contribution in [3.05, 3.63) is 23.9 Å². The molecular weight excluding hydrogens is 396 g/mol. The number of carboxylic acids is 1. The van der Waals surface area contributed by atoms with Gasteiger partial charge in [-0.1, -0.05) is 12.7 Å². The van der Waals surface area contributed by atoms with Crippen molar-refractivity contribution >= 4 is 24.0 Å². The SMILES string of the molecule is C=CCOC(=O)N1CC(C2=C(C(=O)O)N3C(=O)[C@H]([C@@H](C)O)[C@H]3C2)CN1C(=O)N(C)C. The summed E-state index contributed by atoms with van der Waals surface area (Å²) in [4.78, 5) is 51.9. The van der Waals surface area contributed by atoms with Crippen LogP contribution in [0, 0.1) is 11.8 Å². The van der Waals surface area contributed by atoms with Gasteiger partial charge in [0, 0.05) is 20.0 Å². The summed E-state index contributed by atoms with van der Waals surface area (Å²) in [6.07, 6.45) is 0.0316. The fourth-order valence-electron chi connectivity index (χ4n) is 4.35. The molecule has 30 heavy (non-hydrogen) atoms. The lowest BCUT2D eigenvalue weighted by atomic mass is 9.82. The Morgan fingerprint density at radius 2 is 1.93 bits per heavy atom. The minimum atomic E-state index is -1.25. The molecule has 1 unspecified atom stereocenters. The first-order valence-electron chi connectivity index (χ1n) is 9.61. The van der Waals surface area contributed by atoms with Crippen LogP contribution in [-0.2, 0) is 14.3 Å². The molecule has 4 atom stereocenters. The molecule has 0 aromatic rings. The zero-order valence-electron chi connectivity index (χ0n) is 17.1. The number of rotatable bonds is 5. The Labute approximate surface area is 173 Å². The van der Waals surface area contributed by atoms with E-state index in [4.69, 9.17) is 4.74 Å². The van der Waals surface area contributed by atoms with Crippen molar-refractivity contribution in [1.29, 1.82) is 0 Å². The van der Waals surface area contributed by atoms with Crippen LogP contribution in [0.1, 0.15) is 13.3 Å². The van der Waals surface area contributed by atoms with Crippen LogP contribution in [0.3, 0.4) is 0 Å². The molecule has 2 saturated heterocycles. The van der Waals surface area contributed by atoms with Crippen LogP contribution in [0.2, 0.25) is 0 Å². The third kappa shape index (κ3) is 3.38. The molecule has 0 aromatic heterocycles. The van der Waals surface area contributed by atoms with E-state index in [1.165, 1.54) is 41.9 Å². The lowest BCUT2D eigenvalue weighted by molar-refractivity contribution is -0.161. The Morgan fingerprint density at radius 1 is 1.30 bits per heavy atom. The molecule has 0 aliphatic carbocycles. The molecule has 3 aliphatic rings. The number of aliphatic carboxylic acids is 1. The molecule has 3 aliphatic heterocycles. The molecule has 3 heterocycles. The van der Waals surface area contributed by atoms with Crippen LogP contribution in [0.4, 0.5) is 9.59 Å². The first-order chi connectivity index (χ1) is 14.1. The zero-order chi connectivity index (χ0) is 22.3. The summed E-state index contributed by atoms with van der Waals surface area (Å²) in [5.74, 6) is -2.82. The Morgan fingerprint density at radius 3 is 2.47 bits per heavy atom. The van der Waals surface area contributed by atoms with E-state index < -0.39 is 48.0 Å². The number of carboxylic acid groups (broad SMARTS) is 1.